The average Bonchev–Trinajstić information content (AvgIpc) is 3.65. The molecule has 28 heavy (non-hydrogen) atoms. The molecular weight excluding hydrogens is 348 g/mol. The normalized spacial score (nSPS) is 16.3. The minimum absolute atomic E-state index is 0.129. The van der Waals surface area contributed by atoms with Crippen molar-refractivity contribution in [2.75, 3.05) is 6.54 Å². The molecule has 2 saturated carbocycles. The molecule has 2 N–H and O–H groups in total. The smallest absolute Gasteiger partial charge is 0.315 e. The Balaban J connectivity index is 1.15. The molecule has 2 amide bonds. The largest absolute Gasteiger partial charge is 0.336 e. The van der Waals surface area contributed by atoms with Crippen molar-refractivity contribution in [1.29, 1.82) is 0 Å². The number of hydrogen-bond acceptors (Lipinski definition) is 2. The molecular formula is C23H26N4O. The Morgan fingerprint density at radius 2 is 1.79 bits per heavy atom. The molecule has 0 spiro atoms. The number of amides is 2. The van der Waals surface area contributed by atoms with E-state index in [4.69, 9.17) is 5.10 Å². The number of fused-ring (bicyclic) bond motifs is 1. The van der Waals surface area contributed by atoms with Gasteiger partial charge in [-0.2, -0.15) is 5.10 Å². The van der Waals surface area contributed by atoms with Crippen LogP contribution in [0, 0.1) is 0 Å². The van der Waals surface area contributed by atoms with Crippen LogP contribution in [0.4, 0.5) is 4.79 Å². The molecule has 3 aromatic rings. The monoisotopic (exact) mass is 374 g/mol. The number of carbonyl (C=O) groups is 1. The highest BCUT2D eigenvalue weighted by molar-refractivity contribution is 5.86. The molecule has 2 aliphatic carbocycles. The van der Waals surface area contributed by atoms with Crippen molar-refractivity contribution < 1.29 is 4.79 Å². The number of rotatable bonds is 7. The summed E-state index contributed by atoms with van der Waals surface area (Å²) in [5, 5.41) is 13.1. The molecule has 0 saturated heterocycles. The number of aromatic nitrogens is 2. The summed E-state index contributed by atoms with van der Waals surface area (Å²) in [4.78, 5) is 12.2. The van der Waals surface area contributed by atoms with Crippen LogP contribution in [0.2, 0.25) is 0 Å². The van der Waals surface area contributed by atoms with Crippen molar-refractivity contribution in [2.24, 2.45) is 0 Å². The molecule has 5 heteroatoms. The van der Waals surface area contributed by atoms with Gasteiger partial charge < -0.3 is 10.6 Å². The van der Waals surface area contributed by atoms with E-state index in [1.807, 2.05) is 18.2 Å². The summed E-state index contributed by atoms with van der Waals surface area (Å²) in [5.41, 5.74) is 3.74. The summed E-state index contributed by atoms with van der Waals surface area (Å²) in [6.45, 7) is 1.85. The van der Waals surface area contributed by atoms with Crippen LogP contribution in [-0.4, -0.2) is 22.4 Å². The summed E-state index contributed by atoms with van der Waals surface area (Å²) < 4.78 is 2.12. The van der Waals surface area contributed by atoms with E-state index < -0.39 is 0 Å². The fourth-order valence-electron chi connectivity index (χ4n) is 3.88. The van der Waals surface area contributed by atoms with E-state index in [9.17, 15) is 4.79 Å². The Kier molecular flexibility index (Phi) is 4.51. The predicted molar refractivity (Wildman–Crippen MR) is 110 cm³/mol. The first-order valence-electron chi connectivity index (χ1n) is 10.3. The number of urea groups is 1. The first-order chi connectivity index (χ1) is 13.8. The van der Waals surface area contributed by atoms with Crippen LogP contribution in [-0.2, 0) is 13.1 Å². The van der Waals surface area contributed by atoms with E-state index in [-0.39, 0.29) is 6.03 Å². The summed E-state index contributed by atoms with van der Waals surface area (Å²) in [7, 11) is 0. The second kappa shape index (κ2) is 7.30. The third-order valence-corrected chi connectivity index (χ3v) is 5.75. The number of carbonyl (C=O) groups excluding carboxylic acids is 1. The number of nitrogens with one attached hydrogen (secondary N) is 2. The zero-order valence-corrected chi connectivity index (χ0v) is 16.0. The Morgan fingerprint density at radius 3 is 2.61 bits per heavy atom. The Hall–Kier alpha value is -2.82. The Labute approximate surface area is 165 Å². The van der Waals surface area contributed by atoms with E-state index in [0.29, 0.717) is 24.9 Å². The van der Waals surface area contributed by atoms with Crippen LogP contribution < -0.4 is 10.6 Å². The summed E-state index contributed by atoms with van der Waals surface area (Å²) in [6, 6.07) is 16.6. The maximum absolute atomic E-state index is 12.2. The maximum atomic E-state index is 12.2. The third kappa shape index (κ3) is 3.75. The summed E-state index contributed by atoms with van der Waals surface area (Å²) >= 11 is 0. The van der Waals surface area contributed by atoms with Crippen LogP contribution >= 0.6 is 0 Å². The molecule has 0 aliphatic heterocycles. The van der Waals surface area contributed by atoms with Crippen molar-refractivity contribution in [1.82, 2.24) is 20.4 Å². The van der Waals surface area contributed by atoms with Gasteiger partial charge in [0.05, 0.1) is 12.2 Å². The molecule has 0 unspecified atom stereocenters. The molecule has 144 valence electrons. The lowest BCUT2D eigenvalue weighted by Crippen LogP contribution is -2.37. The lowest BCUT2D eigenvalue weighted by Gasteiger charge is -2.11. The Morgan fingerprint density at radius 1 is 1.00 bits per heavy atom. The zero-order valence-electron chi connectivity index (χ0n) is 16.0. The molecule has 0 radical (unpaired) electrons. The first-order valence-corrected chi connectivity index (χ1v) is 10.3. The van der Waals surface area contributed by atoms with E-state index in [2.05, 4.69) is 45.6 Å². The van der Waals surface area contributed by atoms with Gasteiger partial charge in [-0.05, 0) is 48.1 Å². The van der Waals surface area contributed by atoms with E-state index in [1.165, 1.54) is 47.8 Å². The molecule has 1 aromatic heterocycles. The van der Waals surface area contributed by atoms with Gasteiger partial charge in [-0.3, -0.25) is 4.68 Å². The molecule has 5 nitrogen and oxygen atoms in total. The number of nitrogens with zero attached hydrogens (tertiary/aromatic N) is 2. The minimum Gasteiger partial charge on any atom is -0.336 e. The minimum atomic E-state index is -0.129. The van der Waals surface area contributed by atoms with Gasteiger partial charge >= 0.3 is 6.03 Å². The molecule has 2 aliphatic rings. The van der Waals surface area contributed by atoms with Crippen LogP contribution in [0.3, 0.4) is 0 Å². The van der Waals surface area contributed by atoms with Crippen LogP contribution in [0.5, 0.6) is 0 Å². The first kappa shape index (κ1) is 17.3. The van der Waals surface area contributed by atoms with Gasteiger partial charge in [-0.1, -0.05) is 42.5 Å². The van der Waals surface area contributed by atoms with Gasteiger partial charge in [0.2, 0.25) is 0 Å². The van der Waals surface area contributed by atoms with Crippen molar-refractivity contribution in [3.63, 3.8) is 0 Å². The van der Waals surface area contributed by atoms with Gasteiger partial charge in [0.15, 0.2) is 0 Å². The molecule has 2 fully saturated rings. The van der Waals surface area contributed by atoms with Gasteiger partial charge in [0.1, 0.15) is 0 Å². The fraction of sp³-hybridized carbons (Fsp3) is 0.391. The summed E-state index contributed by atoms with van der Waals surface area (Å²) in [5.74, 6) is 1.36. The summed E-state index contributed by atoms with van der Waals surface area (Å²) in [6.07, 6.45) is 5.09. The van der Waals surface area contributed by atoms with Crippen LogP contribution in [0.25, 0.3) is 10.8 Å². The lowest BCUT2D eigenvalue weighted by molar-refractivity contribution is 0.240. The Bertz CT molecular complexity index is 996. The van der Waals surface area contributed by atoms with Gasteiger partial charge in [-0.25, -0.2) is 4.79 Å². The highest BCUT2D eigenvalue weighted by Crippen LogP contribution is 2.44. The van der Waals surface area contributed by atoms with E-state index in [0.717, 1.165) is 12.1 Å². The molecule has 0 bridgehead atoms. The molecule has 5 rings (SSSR count). The third-order valence-electron chi connectivity index (χ3n) is 5.75. The SMILES string of the molecule is O=C(NCCn1nc(C2CC2)cc1C1CC1)NCc1cccc2ccccc12. The van der Waals surface area contributed by atoms with Crippen LogP contribution in [0.1, 0.15) is 54.5 Å². The van der Waals surface area contributed by atoms with E-state index in [1.54, 1.807) is 0 Å². The number of benzene rings is 2. The second-order valence-corrected chi connectivity index (χ2v) is 8.01. The maximum Gasteiger partial charge on any atom is 0.315 e. The average molecular weight is 374 g/mol. The lowest BCUT2D eigenvalue weighted by atomic mass is 10.0. The van der Waals surface area contributed by atoms with Crippen molar-refractivity contribution in [3.8, 4) is 0 Å². The predicted octanol–water partition coefficient (Wildman–Crippen LogP) is 4.29. The molecule has 0 atom stereocenters. The van der Waals surface area contributed by atoms with E-state index >= 15 is 0 Å². The standard InChI is InChI=1S/C23H26N4O/c28-23(25-15-19-6-3-5-16-4-1-2-7-20(16)19)24-12-13-27-22(18-10-11-18)14-21(26-27)17-8-9-17/h1-7,14,17-18H,8-13,15H2,(H2,24,25,28). The highest BCUT2D eigenvalue weighted by Gasteiger charge is 2.32. The van der Waals surface area contributed by atoms with Crippen LogP contribution in [0.15, 0.2) is 48.5 Å². The fourth-order valence-corrected chi connectivity index (χ4v) is 3.88. The number of hydrogen-bond donors (Lipinski definition) is 2. The van der Waals surface area contributed by atoms with Crippen molar-refractivity contribution in [3.05, 3.63) is 65.5 Å². The van der Waals surface area contributed by atoms with Gasteiger partial charge in [-0.15, -0.1) is 0 Å². The van der Waals surface area contributed by atoms with Crippen molar-refractivity contribution >= 4 is 16.8 Å². The van der Waals surface area contributed by atoms with Crippen molar-refractivity contribution in [2.45, 2.75) is 50.6 Å². The highest BCUT2D eigenvalue weighted by atomic mass is 16.2. The molecule has 1 heterocycles. The van der Waals surface area contributed by atoms with Gasteiger partial charge in [0, 0.05) is 30.6 Å². The molecule has 2 aromatic carbocycles. The van der Waals surface area contributed by atoms with Gasteiger partial charge in [0.25, 0.3) is 0 Å². The second-order valence-electron chi connectivity index (χ2n) is 8.01. The zero-order chi connectivity index (χ0) is 18.9. The topological polar surface area (TPSA) is 59.0 Å². The quantitative estimate of drug-likeness (QED) is 0.648.